The van der Waals surface area contributed by atoms with E-state index in [2.05, 4.69) is 10.3 Å². The van der Waals surface area contributed by atoms with Gasteiger partial charge < -0.3 is 29.4 Å². The Bertz CT molecular complexity index is 1160. The third-order valence-corrected chi connectivity index (χ3v) is 5.22. The molecule has 1 aromatic heterocycles. The molecule has 0 bridgehead atoms. The van der Waals surface area contributed by atoms with Gasteiger partial charge in [0.15, 0.2) is 11.5 Å². The molecule has 2 aromatic carbocycles. The van der Waals surface area contributed by atoms with E-state index in [9.17, 15) is 9.59 Å². The Morgan fingerprint density at radius 3 is 2.41 bits per heavy atom. The second-order valence-corrected chi connectivity index (χ2v) is 9.13. The molecule has 3 aromatic rings. The third kappa shape index (κ3) is 6.43. The zero-order chi connectivity index (χ0) is 24.9. The minimum Gasteiger partial charge on any atom is -0.493 e. The number of benzene rings is 2. The topological polar surface area (TPSA) is 92.9 Å². The molecule has 0 unspecified atom stereocenters. The summed E-state index contributed by atoms with van der Waals surface area (Å²) in [5.41, 5.74) is 2.67. The molecule has 3 rings (SSSR count). The molecule has 8 heteroatoms. The molecular weight excluding hydrogens is 434 g/mol. The Labute approximate surface area is 200 Å². The van der Waals surface area contributed by atoms with Crippen molar-refractivity contribution in [3.63, 3.8) is 0 Å². The number of ether oxygens (including phenoxy) is 3. The first-order valence-corrected chi connectivity index (χ1v) is 11.2. The summed E-state index contributed by atoms with van der Waals surface area (Å²) in [7, 11) is 4.86. The Kier molecular flexibility index (Phi) is 7.71. The number of nitrogens with zero attached hydrogens (tertiary/aromatic N) is 1. The van der Waals surface area contributed by atoms with Gasteiger partial charge in [0.1, 0.15) is 5.60 Å². The van der Waals surface area contributed by atoms with Gasteiger partial charge in [0.25, 0.3) is 5.91 Å². The van der Waals surface area contributed by atoms with Gasteiger partial charge in [0.05, 0.1) is 14.2 Å². The maximum atomic E-state index is 12.8. The highest BCUT2D eigenvalue weighted by Crippen LogP contribution is 2.30. The average molecular weight is 468 g/mol. The average Bonchev–Trinajstić information content (AvgIpc) is 3.19. The van der Waals surface area contributed by atoms with Crippen LogP contribution in [0.5, 0.6) is 11.5 Å². The predicted molar refractivity (Wildman–Crippen MR) is 133 cm³/mol. The maximum absolute atomic E-state index is 12.8. The number of hydrogen-bond donors (Lipinski definition) is 2. The highest BCUT2D eigenvalue weighted by Gasteiger charge is 2.19. The molecule has 2 N–H and O–H groups in total. The Morgan fingerprint density at radius 1 is 1.00 bits per heavy atom. The van der Waals surface area contributed by atoms with Gasteiger partial charge in [-0.25, -0.2) is 4.79 Å². The summed E-state index contributed by atoms with van der Waals surface area (Å²) in [6.45, 7) is 6.14. The molecule has 0 aliphatic rings. The van der Waals surface area contributed by atoms with E-state index in [1.807, 2.05) is 39.0 Å². The van der Waals surface area contributed by atoms with E-state index < -0.39 is 5.60 Å². The first-order valence-electron chi connectivity index (χ1n) is 11.2. The number of carbonyl (C=O) groups is 2. The zero-order valence-electron chi connectivity index (χ0n) is 20.7. The van der Waals surface area contributed by atoms with Gasteiger partial charge in [-0.2, -0.15) is 0 Å². The fourth-order valence-electron chi connectivity index (χ4n) is 3.52. The number of rotatable bonds is 8. The maximum Gasteiger partial charge on any atom is 0.410 e. The lowest BCUT2D eigenvalue weighted by molar-refractivity contribution is 0.0297. The van der Waals surface area contributed by atoms with Gasteiger partial charge in [-0.3, -0.25) is 4.79 Å². The molecule has 34 heavy (non-hydrogen) atoms. The Hall–Kier alpha value is -3.68. The monoisotopic (exact) mass is 467 g/mol. The van der Waals surface area contributed by atoms with Crippen molar-refractivity contribution in [1.82, 2.24) is 9.88 Å². The molecule has 0 saturated heterocycles. The van der Waals surface area contributed by atoms with Gasteiger partial charge in [-0.1, -0.05) is 0 Å². The molecular formula is C26H33N3O5. The lowest BCUT2D eigenvalue weighted by atomic mass is 10.1. The van der Waals surface area contributed by atoms with Crippen molar-refractivity contribution >= 4 is 28.6 Å². The first-order chi connectivity index (χ1) is 16.1. The van der Waals surface area contributed by atoms with Gasteiger partial charge in [0, 0.05) is 47.5 Å². The summed E-state index contributed by atoms with van der Waals surface area (Å²) >= 11 is 0. The van der Waals surface area contributed by atoms with Gasteiger partial charge in [-0.15, -0.1) is 0 Å². The van der Waals surface area contributed by atoms with Crippen LogP contribution in [0.15, 0.2) is 42.5 Å². The van der Waals surface area contributed by atoms with E-state index in [0.29, 0.717) is 29.3 Å². The smallest absolute Gasteiger partial charge is 0.410 e. The molecule has 0 spiro atoms. The number of H-pyrrole nitrogens is 1. The van der Waals surface area contributed by atoms with Crippen LogP contribution in [0.3, 0.4) is 0 Å². The van der Waals surface area contributed by atoms with Crippen LogP contribution in [-0.2, 0) is 11.2 Å². The molecule has 0 fully saturated rings. The van der Waals surface area contributed by atoms with Crippen LogP contribution in [0.4, 0.5) is 10.5 Å². The van der Waals surface area contributed by atoms with Crippen molar-refractivity contribution in [2.24, 2.45) is 0 Å². The van der Waals surface area contributed by atoms with E-state index in [1.54, 1.807) is 50.4 Å². The standard InChI is InChI=1S/C26H33N3O5/c1-26(2,3)34-25(31)29(4)13-7-8-19-15-18-14-17(9-11-21(18)27-19)24(30)28-20-10-12-22(32-5)23(16-20)33-6/h9-12,14-16,27H,7-8,13H2,1-6H3,(H,28,30). The highest BCUT2D eigenvalue weighted by molar-refractivity contribution is 6.06. The van der Waals surface area contributed by atoms with E-state index >= 15 is 0 Å². The van der Waals surface area contributed by atoms with Crippen molar-refractivity contribution in [2.45, 2.75) is 39.2 Å². The van der Waals surface area contributed by atoms with E-state index in [-0.39, 0.29) is 12.0 Å². The normalized spacial score (nSPS) is 11.2. The van der Waals surface area contributed by atoms with Crippen LogP contribution < -0.4 is 14.8 Å². The molecule has 0 saturated carbocycles. The Balaban J connectivity index is 1.61. The number of amides is 2. The molecule has 0 radical (unpaired) electrons. The number of aromatic amines is 1. The number of carbonyl (C=O) groups excluding carboxylic acids is 2. The van der Waals surface area contributed by atoms with Crippen LogP contribution >= 0.6 is 0 Å². The first kappa shape index (κ1) is 25.0. The van der Waals surface area contributed by atoms with Crippen molar-refractivity contribution in [3.05, 3.63) is 53.7 Å². The molecule has 2 amide bonds. The van der Waals surface area contributed by atoms with Gasteiger partial charge in [-0.05, 0) is 70.0 Å². The van der Waals surface area contributed by atoms with Crippen molar-refractivity contribution in [2.75, 3.05) is 33.1 Å². The predicted octanol–water partition coefficient (Wildman–Crippen LogP) is 5.24. The van der Waals surface area contributed by atoms with Crippen LogP contribution in [0.25, 0.3) is 10.9 Å². The summed E-state index contributed by atoms with van der Waals surface area (Å²) in [4.78, 5) is 29.8. The number of anilines is 1. The molecule has 0 aliphatic heterocycles. The van der Waals surface area contributed by atoms with E-state index in [1.165, 1.54) is 0 Å². The summed E-state index contributed by atoms with van der Waals surface area (Å²) < 4.78 is 15.9. The van der Waals surface area contributed by atoms with Crippen LogP contribution in [0, 0.1) is 0 Å². The largest absolute Gasteiger partial charge is 0.493 e. The number of nitrogens with one attached hydrogen (secondary N) is 2. The number of fused-ring (bicyclic) bond motifs is 1. The lowest BCUT2D eigenvalue weighted by Gasteiger charge is -2.24. The van der Waals surface area contributed by atoms with Gasteiger partial charge in [0.2, 0.25) is 0 Å². The van der Waals surface area contributed by atoms with E-state index in [0.717, 1.165) is 29.4 Å². The Morgan fingerprint density at radius 2 is 1.74 bits per heavy atom. The lowest BCUT2D eigenvalue weighted by Crippen LogP contribution is -2.34. The van der Waals surface area contributed by atoms with Crippen LogP contribution in [0.1, 0.15) is 43.2 Å². The molecule has 0 atom stereocenters. The molecule has 1 heterocycles. The molecule has 0 aliphatic carbocycles. The summed E-state index contributed by atoms with van der Waals surface area (Å²) in [5.74, 6) is 0.929. The van der Waals surface area contributed by atoms with Crippen molar-refractivity contribution < 1.29 is 23.8 Å². The summed E-state index contributed by atoms with van der Waals surface area (Å²) in [6, 6.07) is 12.8. The number of aromatic nitrogens is 1. The molecule has 182 valence electrons. The zero-order valence-corrected chi connectivity index (χ0v) is 20.7. The minimum absolute atomic E-state index is 0.212. The van der Waals surface area contributed by atoms with Gasteiger partial charge >= 0.3 is 6.09 Å². The third-order valence-electron chi connectivity index (χ3n) is 5.22. The number of aryl methyl sites for hydroxylation is 1. The van der Waals surface area contributed by atoms with Crippen molar-refractivity contribution in [3.8, 4) is 11.5 Å². The number of hydrogen-bond acceptors (Lipinski definition) is 5. The summed E-state index contributed by atoms with van der Waals surface area (Å²) in [6.07, 6.45) is 1.23. The minimum atomic E-state index is -0.508. The highest BCUT2D eigenvalue weighted by atomic mass is 16.6. The fourth-order valence-corrected chi connectivity index (χ4v) is 3.52. The molecule has 8 nitrogen and oxygen atoms in total. The quantitative estimate of drug-likeness (QED) is 0.473. The second-order valence-electron chi connectivity index (χ2n) is 9.13. The van der Waals surface area contributed by atoms with Crippen LogP contribution in [0.2, 0.25) is 0 Å². The summed E-state index contributed by atoms with van der Waals surface area (Å²) in [5, 5.41) is 3.85. The van der Waals surface area contributed by atoms with Crippen LogP contribution in [-0.4, -0.2) is 55.3 Å². The number of methoxy groups -OCH3 is 2. The van der Waals surface area contributed by atoms with E-state index in [4.69, 9.17) is 14.2 Å². The van der Waals surface area contributed by atoms with Crippen molar-refractivity contribution in [1.29, 1.82) is 0 Å². The second kappa shape index (κ2) is 10.5. The fraction of sp³-hybridized carbons (Fsp3) is 0.385. The SMILES string of the molecule is COc1ccc(NC(=O)c2ccc3[nH]c(CCCN(C)C(=O)OC(C)(C)C)cc3c2)cc1OC.